The minimum atomic E-state index is -3.36. The summed E-state index contributed by atoms with van der Waals surface area (Å²) in [5.41, 5.74) is 0. The van der Waals surface area contributed by atoms with Gasteiger partial charge in [0.05, 0.1) is 10.6 Å². The van der Waals surface area contributed by atoms with Crippen molar-refractivity contribution in [3.63, 3.8) is 0 Å². The molecule has 1 heterocycles. The SMILES string of the molecule is CCN=C(NC(CC)CS(=O)(=O)c1ccccc1)N1CCC(Oc2ccccc2)CC1. The molecule has 0 aromatic heterocycles. The predicted molar refractivity (Wildman–Crippen MR) is 125 cm³/mol. The highest BCUT2D eigenvalue weighted by Gasteiger charge is 2.26. The van der Waals surface area contributed by atoms with Crippen LogP contribution < -0.4 is 10.1 Å². The first-order chi connectivity index (χ1) is 15.0. The quantitative estimate of drug-likeness (QED) is 0.497. The van der Waals surface area contributed by atoms with E-state index in [1.54, 1.807) is 24.3 Å². The van der Waals surface area contributed by atoms with E-state index in [4.69, 9.17) is 4.74 Å². The highest BCUT2D eigenvalue weighted by atomic mass is 32.2. The molecule has 0 radical (unpaired) electrons. The van der Waals surface area contributed by atoms with Crippen LogP contribution in [0.4, 0.5) is 0 Å². The summed E-state index contributed by atoms with van der Waals surface area (Å²) in [6.45, 7) is 6.29. The van der Waals surface area contributed by atoms with E-state index >= 15 is 0 Å². The van der Waals surface area contributed by atoms with Gasteiger partial charge in [-0.1, -0.05) is 43.3 Å². The Morgan fingerprint density at radius 3 is 2.26 bits per heavy atom. The Labute approximate surface area is 186 Å². The third-order valence-corrected chi connectivity index (χ3v) is 7.28. The molecule has 0 amide bonds. The maximum absolute atomic E-state index is 12.8. The van der Waals surface area contributed by atoms with E-state index in [9.17, 15) is 8.42 Å². The largest absolute Gasteiger partial charge is 0.490 e. The number of hydrogen-bond donors (Lipinski definition) is 1. The zero-order chi connectivity index (χ0) is 22.1. The average molecular weight is 444 g/mol. The number of likely N-dealkylation sites (tertiary alicyclic amines) is 1. The molecule has 2 aromatic rings. The lowest BCUT2D eigenvalue weighted by Gasteiger charge is -2.35. The molecule has 7 heteroatoms. The van der Waals surface area contributed by atoms with Crippen LogP contribution in [0.5, 0.6) is 5.75 Å². The van der Waals surface area contributed by atoms with Crippen LogP contribution in [0.3, 0.4) is 0 Å². The smallest absolute Gasteiger partial charge is 0.194 e. The molecule has 1 unspecified atom stereocenters. The van der Waals surface area contributed by atoms with E-state index in [-0.39, 0.29) is 17.9 Å². The lowest BCUT2D eigenvalue weighted by atomic mass is 10.1. The van der Waals surface area contributed by atoms with Crippen LogP contribution in [0, 0.1) is 0 Å². The normalized spacial score (nSPS) is 16.7. The molecular weight excluding hydrogens is 410 g/mol. The second kappa shape index (κ2) is 11.2. The summed E-state index contributed by atoms with van der Waals surface area (Å²) < 4.78 is 31.7. The molecule has 2 aromatic carbocycles. The number of hydrogen-bond acceptors (Lipinski definition) is 4. The van der Waals surface area contributed by atoms with E-state index in [0.717, 1.165) is 37.6 Å². The fourth-order valence-electron chi connectivity index (χ4n) is 3.70. The van der Waals surface area contributed by atoms with Gasteiger partial charge in [-0.3, -0.25) is 4.99 Å². The van der Waals surface area contributed by atoms with Crippen molar-refractivity contribution in [3.8, 4) is 5.75 Å². The van der Waals surface area contributed by atoms with Crippen LogP contribution in [-0.4, -0.2) is 56.8 Å². The molecule has 1 aliphatic heterocycles. The summed E-state index contributed by atoms with van der Waals surface area (Å²) in [5.74, 6) is 1.73. The number of benzene rings is 2. The summed E-state index contributed by atoms with van der Waals surface area (Å²) >= 11 is 0. The molecule has 1 fully saturated rings. The first-order valence-electron chi connectivity index (χ1n) is 11.1. The molecule has 168 valence electrons. The molecule has 0 spiro atoms. The summed E-state index contributed by atoms with van der Waals surface area (Å²) in [6, 6.07) is 18.4. The molecular formula is C24H33N3O3S. The second-order valence-electron chi connectivity index (χ2n) is 7.76. The zero-order valence-electron chi connectivity index (χ0n) is 18.4. The van der Waals surface area contributed by atoms with Gasteiger partial charge in [0, 0.05) is 38.5 Å². The van der Waals surface area contributed by atoms with E-state index in [1.807, 2.05) is 50.2 Å². The molecule has 1 saturated heterocycles. The molecule has 0 aliphatic carbocycles. The van der Waals surface area contributed by atoms with Gasteiger partial charge < -0.3 is 15.0 Å². The third kappa shape index (κ3) is 6.72. The highest BCUT2D eigenvalue weighted by Crippen LogP contribution is 2.19. The number of para-hydroxylation sites is 1. The molecule has 6 nitrogen and oxygen atoms in total. The summed E-state index contributed by atoms with van der Waals surface area (Å²) in [5, 5.41) is 3.42. The predicted octanol–water partition coefficient (Wildman–Crippen LogP) is 3.75. The van der Waals surface area contributed by atoms with Gasteiger partial charge in [-0.25, -0.2) is 8.42 Å². The standard InChI is InChI=1S/C24H33N3O3S/c1-3-20(19-31(28,29)23-13-9-6-10-14-23)26-24(25-4-2)27-17-15-22(16-18-27)30-21-11-7-5-8-12-21/h5-14,20,22H,3-4,15-19H2,1-2H3,(H,25,26). The first-order valence-corrected chi connectivity index (χ1v) is 12.7. The monoisotopic (exact) mass is 443 g/mol. The van der Waals surface area contributed by atoms with Gasteiger partial charge in [0.1, 0.15) is 11.9 Å². The highest BCUT2D eigenvalue weighted by molar-refractivity contribution is 7.91. The molecule has 1 atom stereocenters. The van der Waals surface area contributed by atoms with Gasteiger partial charge in [0.2, 0.25) is 0 Å². The molecule has 3 rings (SSSR count). The van der Waals surface area contributed by atoms with Crippen molar-refractivity contribution in [2.75, 3.05) is 25.4 Å². The number of guanidine groups is 1. The number of ether oxygens (including phenoxy) is 1. The Morgan fingerprint density at radius 2 is 1.68 bits per heavy atom. The molecule has 1 aliphatic rings. The van der Waals surface area contributed by atoms with Crippen LogP contribution in [0.15, 0.2) is 70.6 Å². The van der Waals surface area contributed by atoms with E-state index < -0.39 is 9.84 Å². The van der Waals surface area contributed by atoms with E-state index in [2.05, 4.69) is 15.2 Å². The number of rotatable bonds is 8. The van der Waals surface area contributed by atoms with Crippen molar-refractivity contribution in [1.82, 2.24) is 10.2 Å². The van der Waals surface area contributed by atoms with Crippen LogP contribution in [0.1, 0.15) is 33.1 Å². The summed E-state index contributed by atoms with van der Waals surface area (Å²) in [7, 11) is -3.36. The molecule has 31 heavy (non-hydrogen) atoms. The Kier molecular flexibility index (Phi) is 8.35. The van der Waals surface area contributed by atoms with Crippen molar-refractivity contribution < 1.29 is 13.2 Å². The fraction of sp³-hybridized carbons (Fsp3) is 0.458. The zero-order valence-corrected chi connectivity index (χ0v) is 19.2. The van der Waals surface area contributed by atoms with Crippen LogP contribution >= 0.6 is 0 Å². The average Bonchev–Trinajstić information content (AvgIpc) is 2.80. The second-order valence-corrected chi connectivity index (χ2v) is 9.79. The topological polar surface area (TPSA) is 71.0 Å². The van der Waals surface area contributed by atoms with Gasteiger partial charge in [0.25, 0.3) is 0 Å². The summed E-state index contributed by atoms with van der Waals surface area (Å²) in [6.07, 6.45) is 2.68. The minimum Gasteiger partial charge on any atom is -0.490 e. The Morgan fingerprint density at radius 1 is 1.06 bits per heavy atom. The lowest BCUT2D eigenvalue weighted by molar-refractivity contribution is 0.129. The lowest BCUT2D eigenvalue weighted by Crippen LogP contribution is -2.51. The van der Waals surface area contributed by atoms with Gasteiger partial charge in [-0.2, -0.15) is 0 Å². The number of nitrogens with one attached hydrogen (secondary N) is 1. The Balaban J connectivity index is 1.59. The van der Waals surface area contributed by atoms with Gasteiger partial charge in [-0.05, 0) is 37.6 Å². The maximum Gasteiger partial charge on any atom is 0.194 e. The fourth-order valence-corrected chi connectivity index (χ4v) is 5.31. The number of piperidine rings is 1. The number of nitrogens with zero attached hydrogens (tertiary/aromatic N) is 2. The maximum atomic E-state index is 12.8. The van der Waals surface area contributed by atoms with Crippen LogP contribution in [0.2, 0.25) is 0 Å². The van der Waals surface area contributed by atoms with Crippen molar-refractivity contribution in [2.24, 2.45) is 4.99 Å². The first kappa shape index (κ1) is 23.1. The van der Waals surface area contributed by atoms with Crippen molar-refractivity contribution in [3.05, 3.63) is 60.7 Å². The van der Waals surface area contributed by atoms with Crippen molar-refractivity contribution in [2.45, 2.75) is 50.2 Å². The van der Waals surface area contributed by atoms with Gasteiger partial charge in [-0.15, -0.1) is 0 Å². The van der Waals surface area contributed by atoms with E-state index in [0.29, 0.717) is 17.9 Å². The van der Waals surface area contributed by atoms with Crippen LogP contribution in [0.25, 0.3) is 0 Å². The van der Waals surface area contributed by atoms with Gasteiger partial charge in [0.15, 0.2) is 15.8 Å². The Hall–Kier alpha value is -2.54. The molecule has 0 bridgehead atoms. The Bertz CT molecular complexity index is 925. The summed E-state index contributed by atoms with van der Waals surface area (Å²) in [4.78, 5) is 7.22. The molecule has 0 saturated carbocycles. The number of sulfone groups is 1. The van der Waals surface area contributed by atoms with Crippen molar-refractivity contribution in [1.29, 1.82) is 0 Å². The van der Waals surface area contributed by atoms with Crippen LogP contribution in [-0.2, 0) is 9.84 Å². The minimum absolute atomic E-state index is 0.0455. The van der Waals surface area contributed by atoms with Gasteiger partial charge >= 0.3 is 0 Å². The third-order valence-electron chi connectivity index (χ3n) is 5.44. The van der Waals surface area contributed by atoms with E-state index in [1.165, 1.54) is 0 Å². The molecule has 1 N–H and O–H groups in total. The van der Waals surface area contributed by atoms with Crippen molar-refractivity contribution >= 4 is 15.8 Å². The number of aliphatic imine (C=N–C) groups is 1.